The SMILES string of the molecule is OCCN(CCO)CCOCC(O)CO. The summed E-state index contributed by atoms with van der Waals surface area (Å²) < 4.78 is 5.09. The molecule has 0 aliphatic rings. The summed E-state index contributed by atoms with van der Waals surface area (Å²) in [6.07, 6.45) is -0.839. The average molecular weight is 223 g/mol. The second-order valence-electron chi connectivity index (χ2n) is 3.20. The Balaban J connectivity index is 3.43. The lowest BCUT2D eigenvalue weighted by Crippen LogP contribution is -2.33. The van der Waals surface area contributed by atoms with Crippen LogP contribution in [0.25, 0.3) is 0 Å². The smallest absolute Gasteiger partial charge is 0.100 e. The number of hydrogen-bond donors (Lipinski definition) is 4. The zero-order chi connectivity index (χ0) is 11.5. The first-order chi connectivity index (χ1) is 7.24. The molecule has 4 N–H and O–H groups in total. The highest BCUT2D eigenvalue weighted by molar-refractivity contribution is 4.56. The van der Waals surface area contributed by atoms with Gasteiger partial charge in [0.1, 0.15) is 6.10 Å². The molecule has 0 saturated carbocycles. The minimum atomic E-state index is -0.839. The maximum Gasteiger partial charge on any atom is 0.100 e. The van der Waals surface area contributed by atoms with Crippen molar-refractivity contribution >= 4 is 0 Å². The number of nitrogens with zero attached hydrogens (tertiary/aromatic N) is 1. The second-order valence-corrected chi connectivity index (χ2v) is 3.20. The highest BCUT2D eigenvalue weighted by atomic mass is 16.5. The van der Waals surface area contributed by atoms with E-state index in [0.29, 0.717) is 26.2 Å². The molecule has 0 aliphatic heterocycles. The fourth-order valence-corrected chi connectivity index (χ4v) is 1.08. The first kappa shape index (κ1) is 14.8. The van der Waals surface area contributed by atoms with E-state index < -0.39 is 6.10 Å². The summed E-state index contributed by atoms with van der Waals surface area (Å²) in [6, 6.07) is 0. The largest absolute Gasteiger partial charge is 0.395 e. The van der Waals surface area contributed by atoms with Crippen LogP contribution >= 0.6 is 0 Å². The van der Waals surface area contributed by atoms with Crippen molar-refractivity contribution in [1.82, 2.24) is 4.90 Å². The molecular formula is C9H21NO5. The van der Waals surface area contributed by atoms with Crippen LogP contribution in [0.2, 0.25) is 0 Å². The molecular weight excluding hydrogens is 202 g/mol. The minimum absolute atomic E-state index is 0.0409. The Kier molecular flexibility index (Phi) is 10.1. The van der Waals surface area contributed by atoms with Gasteiger partial charge in [-0.1, -0.05) is 0 Å². The van der Waals surface area contributed by atoms with Gasteiger partial charge in [-0.3, -0.25) is 4.90 Å². The van der Waals surface area contributed by atoms with Gasteiger partial charge in [-0.2, -0.15) is 0 Å². The van der Waals surface area contributed by atoms with Crippen molar-refractivity contribution in [1.29, 1.82) is 0 Å². The molecule has 0 aliphatic carbocycles. The number of hydrogen-bond acceptors (Lipinski definition) is 6. The molecule has 0 radical (unpaired) electrons. The molecule has 0 bridgehead atoms. The topological polar surface area (TPSA) is 93.4 Å². The lowest BCUT2D eigenvalue weighted by molar-refractivity contribution is -0.00136. The number of aliphatic hydroxyl groups is 4. The van der Waals surface area contributed by atoms with Gasteiger partial charge in [-0.15, -0.1) is 0 Å². The van der Waals surface area contributed by atoms with Gasteiger partial charge in [0.2, 0.25) is 0 Å². The quantitative estimate of drug-likeness (QED) is 0.310. The lowest BCUT2D eigenvalue weighted by Gasteiger charge is -2.20. The molecule has 1 atom stereocenters. The fraction of sp³-hybridized carbons (Fsp3) is 1.00. The lowest BCUT2D eigenvalue weighted by atomic mass is 10.4. The normalized spacial score (nSPS) is 13.4. The monoisotopic (exact) mass is 223 g/mol. The second kappa shape index (κ2) is 10.3. The molecule has 0 aromatic heterocycles. The van der Waals surface area contributed by atoms with Crippen LogP contribution < -0.4 is 0 Å². The number of aliphatic hydroxyl groups excluding tert-OH is 4. The highest BCUT2D eigenvalue weighted by Gasteiger charge is 2.05. The van der Waals surface area contributed by atoms with E-state index in [1.807, 2.05) is 4.90 Å². The van der Waals surface area contributed by atoms with Crippen molar-refractivity contribution in [2.45, 2.75) is 6.10 Å². The van der Waals surface area contributed by atoms with E-state index in [9.17, 15) is 0 Å². The summed E-state index contributed by atoms with van der Waals surface area (Å²) in [5.74, 6) is 0. The Hall–Kier alpha value is -0.240. The van der Waals surface area contributed by atoms with Gasteiger partial charge in [0.15, 0.2) is 0 Å². The Morgan fingerprint density at radius 3 is 2.07 bits per heavy atom. The fourth-order valence-electron chi connectivity index (χ4n) is 1.08. The van der Waals surface area contributed by atoms with Gasteiger partial charge in [-0.25, -0.2) is 0 Å². The predicted molar refractivity (Wildman–Crippen MR) is 54.5 cm³/mol. The molecule has 6 nitrogen and oxygen atoms in total. The summed E-state index contributed by atoms with van der Waals surface area (Å²) >= 11 is 0. The average Bonchev–Trinajstić information content (AvgIpc) is 2.24. The minimum Gasteiger partial charge on any atom is -0.395 e. The molecule has 0 rings (SSSR count). The molecule has 1 unspecified atom stereocenters. The number of rotatable bonds is 10. The van der Waals surface area contributed by atoms with Gasteiger partial charge in [0.05, 0.1) is 33.0 Å². The van der Waals surface area contributed by atoms with Crippen molar-refractivity contribution in [3.05, 3.63) is 0 Å². The molecule has 0 saturated heterocycles. The first-order valence-corrected chi connectivity index (χ1v) is 5.05. The Bertz CT molecular complexity index is 130. The molecule has 0 heterocycles. The van der Waals surface area contributed by atoms with Crippen LogP contribution in [0.5, 0.6) is 0 Å². The van der Waals surface area contributed by atoms with Crippen molar-refractivity contribution < 1.29 is 25.2 Å². The van der Waals surface area contributed by atoms with Crippen LogP contribution in [0.1, 0.15) is 0 Å². The van der Waals surface area contributed by atoms with Gasteiger partial charge < -0.3 is 25.2 Å². The van der Waals surface area contributed by atoms with Crippen molar-refractivity contribution in [2.24, 2.45) is 0 Å². The molecule has 0 aromatic rings. The van der Waals surface area contributed by atoms with Crippen LogP contribution in [0.3, 0.4) is 0 Å². The standard InChI is InChI=1S/C9H21NO5/c11-4-1-10(2-5-12)3-6-15-8-9(14)7-13/h9,11-14H,1-8H2. The third-order valence-corrected chi connectivity index (χ3v) is 1.91. The van der Waals surface area contributed by atoms with Crippen LogP contribution in [-0.4, -0.2) is 84.1 Å². The molecule has 15 heavy (non-hydrogen) atoms. The molecule has 0 amide bonds. The van der Waals surface area contributed by atoms with Gasteiger partial charge in [0.25, 0.3) is 0 Å². The van der Waals surface area contributed by atoms with Crippen molar-refractivity contribution in [3.63, 3.8) is 0 Å². The van der Waals surface area contributed by atoms with E-state index in [-0.39, 0.29) is 26.4 Å². The summed E-state index contributed by atoms with van der Waals surface area (Å²) in [6.45, 7) is 1.84. The Labute approximate surface area is 89.7 Å². The summed E-state index contributed by atoms with van der Waals surface area (Å²) in [7, 11) is 0. The molecule has 0 spiro atoms. The van der Waals surface area contributed by atoms with Gasteiger partial charge >= 0.3 is 0 Å². The third-order valence-electron chi connectivity index (χ3n) is 1.91. The molecule has 6 heteroatoms. The summed E-state index contributed by atoms with van der Waals surface area (Å²) in [5.41, 5.74) is 0. The summed E-state index contributed by atoms with van der Waals surface area (Å²) in [4.78, 5) is 1.85. The van der Waals surface area contributed by atoms with Crippen LogP contribution in [0, 0.1) is 0 Å². The van der Waals surface area contributed by atoms with Gasteiger partial charge in [0, 0.05) is 19.6 Å². The highest BCUT2D eigenvalue weighted by Crippen LogP contribution is 1.89. The van der Waals surface area contributed by atoms with E-state index in [1.54, 1.807) is 0 Å². The van der Waals surface area contributed by atoms with E-state index in [1.165, 1.54) is 0 Å². The molecule has 0 aromatic carbocycles. The predicted octanol–water partition coefficient (Wildman–Crippen LogP) is -2.36. The van der Waals surface area contributed by atoms with Crippen molar-refractivity contribution in [3.8, 4) is 0 Å². The first-order valence-electron chi connectivity index (χ1n) is 5.05. The Morgan fingerprint density at radius 2 is 1.60 bits per heavy atom. The van der Waals surface area contributed by atoms with Crippen LogP contribution in [0.4, 0.5) is 0 Å². The van der Waals surface area contributed by atoms with E-state index >= 15 is 0 Å². The van der Waals surface area contributed by atoms with Crippen LogP contribution in [-0.2, 0) is 4.74 Å². The van der Waals surface area contributed by atoms with Gasteiger partial charge in [-0.05, 0) is 0 Å². The van der Waals surface area contributed by atoms with E-state index in [0.717, 1.165) is 0 Å². The van der Waals surface area contributed by atoms with Crippen molar-refractivity contribution in [2.75, 3.05) is 52.7 Å². The van der Waals surface area contributed by atoms with Crippen LogP contribution in [0.15, 0.2) is 0 Å². The maximum absolute atomic E-state index is 8.96. The van der Waals surface area contributed by atoms with E-state index in [2.05, 4.69) is 0 Å². The molecule has 0 fully saturated rings. The zero-order valence-corrected chi connectivity index (χ0v) is 8.88. The zero-order valence-electron chi connectivity index (χ0n) is 8.88. The van der Waals surface area contributed by atoms with E-state index in [4.69, 9.17) is 25.2 Å². The third kappa shape index (κ3) is 8.73. The maximum atomic E-state index is 8.96. The summed E-state index contributed by atoms with van der Waals surface area (Å²) in [5, 5.41) is 34.9. The Morgan fingerprint density at radius 1 is 1.00 bits per heavy atom. The number of ether oxygens (including phenoxy) is 1. The molecule has 92 valence electrons.